The van der Waals surface area contributed by atoms with E-state index in [0.29, 0.717) is 24.5 Å². The lowest BCUT2D eigenvalue weighted by Gasteiger charge is -2.09. The molecular formula is C15H16N2O4. The molecule has 0 radical (unpaired) electrons. The highest BCUT2D eigenvalue weighted by molar-refractivity contribution is 6.03. The third-order valence-electron chi connectivity index (χ3n) is 2.97. The van der Waals surface area contributed by atoms with E-state index in [-0.39, 0.29) is 11.5 Å². The van der Waals surface area contributed by atoms with Crippen LogP contribution in [0.2, 0.25) is 0 Å². The van der Waals surface area contributed by atoms with Crippen molar-refractivity contribution in [1.29, 1.82) is 0 Å². The first-order valence-electron chi connectivity index (χ1n) is 6.40. The topological polar surface area (TPSA) is 80.6 Å². The van der Waals surface area contributed by atoms with Crippen molar-refractivity contribution < 1.29 is 19.4 Å². The van der Waals surface area contributed by atoms with Crippen molar-refractivity contribution in [2.24, 2.45) is 0 Å². The van der Waals surface area contributed by atoms with Crippen molar-refractivity contribution >= 4 is 17.6 Å². The van der Waals surface area contributed by atoms with Crippen molar-refractivity contribution in [1.82, 2.24) is 4.57 Å². The van der Waals surface area contributed by atoms with Crippen LogP contribution in [-0.4, -0.2) is 35.3 Å². The molecule has 1 aromatic heterocycles. The molecule has 2 N–H and O–H groups in total. The van der Waals surface area contributed by atoms with Crippen LogP contribution in [0.4, 0.5) is 5.69 Å². The van der Waals surface area contributed by atoms with Gasteiger partial charge in [0.25, 0.3) is 5.91 Å². The smallest absolute Gasteiger partial charge is 0.335 e. The molecule has 0 aliphatic heterocycles. The van der Waals surface area contributed by atoms with Gasteiger partial charge in [-0.1, -0.05) is 6.07 Å². The van der Waals surface area contributed by atoms with E-state index in [9.17, 15) is 9.59 Å². The molecule has 0 saturated heterocycles. The fraction of sp³-hybridized carbons (Fsp3) is 0.200. The predicted molar refractivity (Wildman–Crippen MR) is 77.7 cm³/mol. The minimum atomic E-state index is -1.03. The van der Waals surface area contributed by atoms with Crippen LogP contribution in [0.5, 0.6) is 0 Å². The van der Waals surface area contributed by atoms with Gasteiger partial charge in [0.1, 0.15) is 5.69 Å². The molecule has 0 aliphatic carbocycles. The lowest BCUT2D eigenvalue weighted by Crippen LogP contribution is -2.18. The second-order valence-electron chi connectivity index (χ2n) is 4.42. The number of carbonyl (C=O) groups is 2. The molecule has 0 bridgehead atoms. The fourth-order valence-corrected chi connectivity index (χ4v) is 1.93. The van der Waals surface area contributed by atoms with Crippen molar-refractivity contribution in [3.63, 3.8) is 0 Å². The van der Waals surface area contributed by atoms with Gasteiger partial charge in [-0.15, -0.1) is 0 Å². The Bertz CT molecular complexity index is 649. The van der Waals surface area contributed by atoms with E-state index in [1.54, 1.807) is 42.1 Å². The highest BCUT2D eigenvalue weighted by Crippen LogP contribution is 2.13. The molecule has 2 rings (SSSR count). The van der Waals surface area contributed by atoms with E-state index in [1.807, 2.05) is 0 Å². The molecule has 6 nitrogen and oxygen atoms in total. The number of carboxylic acids is 1. The summed E-state index contributed by atoms with van der Waals surface area (Å²) in [5.74, 6) is -1.33. The minimum absolute atomic E-state index is 0.127. The van der Waals surface area contributed by atoms with Gasteiger partial charge in [-0.25, -0.2) is 4.79 Å². The van der Waals surface area contributed by atoms with Crippen LogP contribution in [0.15, 0.2) is 42.6 Å². The molecule has 0 atom stereocenters. The Kier molecular flexibility index (Phi) is 4.73. The second kappa shape index (κ2) is 6.71. The van der Waals surface area contributed by atoms with Gasteiger partial charge >= 0.3 is 5.97 Å². The fourth-order valence-electron chi connectivity index (χ4n) is 1.93. The van der Waals surface area contributed by atoms with E-state index in [1.165, 1.54) is 12.1 Å². The monoisotopic (exact) mass is 288 g/mol. The maximum atomic E-state index is 12.2. The van der Waals surface area contributed by atoms with Crippen LogP contribution in [0.25, 0.3) is 0 Å². The second-order valence-corrected chi connectivity index (χ2v) is 4.42. The Morgan fingerprint density at radius 1 is 1.29 bits per heavy atom. The Morgan fingerprint density at radius 2 is 2.10 bits per heavy atom. The summed E-state index contributed by atoms with van der Waals surface area (Å²) in [5.41, 5.74) is 1.06. The average molecular weight is 288 g/mol. The summed E-state index contributed by atoms with van der Waals surface area (Å²) < 4.78 is 6.77. The molecule has 0 saturated carbocycles. The maximum absolute atomic E-state index is 12.2. The Hall–Kier alpha value is -2.60. The van der Waals surface area contributed by atoms with E-state index in [0.717, 1.165) is 0 Å². The molecule has 1 amide bonds. The average Bonchev–Trinajstić information content (AvgIpc) is 2.93. The van der Waals surface area contributed by atoms with Crippen molar-refractivity contribution in [3.05, 3.63) is 53.9 Å². The third-order valence-corrected chi connectivity index (χ3v) is 2.97. The van der Waals surface area contributed by atoms with Gasteiger partial charge in [0.2, 0.25) is 0 Å². The van der Waals surface area contributed by atoms with Gasteiger partial charge in [0.05, 0.1) is 12.2 Å². The van der Waals surface area contributed by atoms with E-state index >= 15 is 0 Å². The van der Waals surface area contributed by atoms with Gasteiger partial charge in [-0.3, -0.25) is 4.79 Å². The quantitative estimate of drug-likeness (QED) is 0.853. The lowest BCUT2D eigenvalue weighted by molar-refractivity contribution is 0.0696. The molecule has 1 heterocycles. The van der Waals surface area contributed by atoms with Crippen LogP contribution in [0.1, 0.15) is 20.8 Å². The van der Waals surface area contributed by atoms with Gasteiger partial charge in [-0.2, -0.15) is 0 Å². The lowest BCUT2D eigenvalue weighted by atomic mass is 10.2. The molecule has 2 aromatic rings. The normalized spacial score (nSPS) is 10.3. The molecule has 0 spiro atoms. The minimum Gasteiger partial charge on any atom is -0.478 e. The first kappa shape index (κ1) is 14.8. The van der Waals surface area contributed by atoms with Crippen LogP contribution in [0, 0.1) is 0 Å². The highest BCUT2D eigenvalue weighted by Gasteiger charge is 2.12. The van der Waals surface area contributed by atoms with Gasteiger partial charge in [-0.05, 0) is 30.3 Å². The zero-order chi connectivity index (χ0) is 15.2. The number of amides is 1. The molecule has 110 valence electrons. The first-order valence-corrected chi connectivity index (χ1v) is 6.40. The number of anilines is 1. The maximum Gasteiger partial charge on any atom is 0.335 e. The number of aromatic carboxylic acids is 1. The van der Waals surface area contributed by atoms with Crippen LogP contribution < -0.4 is 5.32 Å². The van der Waals surface area contributed by atoms with E-state index in [2.05, 4.69) is 5.32 Å². The highest BCUT2D eigenvalue weighted by atomic mass is 16.5. The first-order chi connectivity index (χ1) is 10.1. The third kappa shape index (κ3) is 3.70. The standard InChI is InChI=1S/C15H16N2O4/c1-21-9-8-17-7-3-6-13(17)14(18)16-12-5-2-4-11(10-12)15(19)20/h2-7,10H,8-9H2,1H3,(H,16,18)(H,19,20). The summed E-state index contributed by atoms with van der Waals surface area (Å²) in [4.78, 5) is 23.1. The van der Waals surface area contributed by atoms with Gasteiger partial charge in [0.15, 0.2) is 0 Å². The van der Waals surface area contributed by atoms with Crippen molar-refractivity contribution in [2.75, 3.05) is 19.0 Å². The number of rotatable bonds is 6. The SMILES string of the molecule is COCCn1cccc1C(=O)Nc1cccc(C(=O)O)c1. The number of nitrogens with one attached hydrogen (secondary N) is 1. The molecular weight excluding hydrogens is 272 g/mol. The van der Waals surface area contributed by atoms with Crippen molar-refractivity contribution in [3.8, 4) is 0 Å². The van der Waals surface area contributed by atoms with Gasteiger partial charge in [0, 0.05) is 25.5 Å². The summed E-state index contributed by atoms with van der Waals surface area (Å²) in [7, 11) is 1.60. The van der Waals surface area contributed by atoms with Crippen LogP contribution in [-0.2, 0) is 11.3 Å². The summed E-state index contributed by atoms with van der Waals surface area (Å²) in [6.45, 7) is 1.07. The molecule has 6 heteroatoms. The van der Waals surface area contributed by atoms with Crippen LogP contribution >= 0.6 is 0 Å². The number of benzene rings is 1. The van der Waals surface area contributed by atoms with Gasteiger partial charge < -0.3 is 19.7 Å². The number of carboxylic acid groups (broad SMARTS) is 1. The summed E-state index contributed by atoms with van der Waals surface area (Å²) >= 11 is 0. The largest absolute Gasteiger partial charge is 0.478 e. The number of hydrogen-bond donors (Lipinski definition) is 2. The number of carbonyl (C=O) groups excluding carboxylic acids is 1. The predicted octanol–water partition coefficient (Wildman–Crippen LogP) is 2.08. The number of nitrogens with zero attached hydrogens (tertiary/aromatic N) is 1. The summed E-state index contributed by atoms with van der Waals surface area (Å²) in [5, 5.41) is 11.6. The number of methoxy groups -OCH3 is 1. The molecule has 0 unspecified atom stereocenters. The molecule has 0 aliphatic rings. The summed E-state index contributed by atoms with van der Waals surface area (Å²) in [6.07, 6.45) is 1.79. The van der Waals surface area contributed by atoms with E-state index < -0.39 is 5.97 Å². The number of hydrogen-bond acceptors (Lipinski definition) is 3. The Labute approximate surface area is 122 Å². The zero-order valence-electron chi connectivity index (χ0n) is 11.6. The molecule has 0 fully saturated rings. The number of aromatic nitrogens is 1. The number of ether oxygens (including phenoxy) is 1. The Balaban J connectivity index is 2.13. The zero-order valence-corrected chi connectivity index (χ0v) is 11.6. The van der Waals surface area contributed by atoms with Crippen LogP contribution in [0.3, 0.4) is 0 Å². The Morgan fingerprint density at radius 3 is 2.81 bits per heavy atom. The van der Waals surface area contributed by atoms with E-state index in [4.69, 9.17) is 9.84 Å². The van der Waals surface area contributed by atoms with Crippen molar-refractivity contribution in [2.45, 2.75) is 6.54 Å². The molecule has 21 heavy (non-hydrogen) atoms. The summed E-state index contributed by atoms with van der Waals surface area (Å²) in [6, 6.07) is 9.60. The molecule has 1 aromatic carbocycles.